The number of ether oxygens (including phenoxy) is 1. The second-order valence-corrected chi connectivity index (χ2v) is 2.58. The van der Waals surface area contributed by atoms with Crippen molar-refractivity contribution in [2.75, 3.05) is 12.8 Å². The van der Waals surface area contributed by atoms with Crippen LogP contribution in [0.15, 0.2) is 22.9 Å². The predicted molar refractivity (Wildman–Crippen MR) is 47.3 cm³/mol. The van der Waals surface area contributed by atoms with E-state index in [4.69, 9.17) is 15.0 Å². The summed E-state index contributed by atoms with van der Waals surface area (Å²) < 4.78 is 9.87. The Bertz CT molecular complexity index is 405. The Labute approximate surface area is 74.5 Å². The third-order valence-corrected chi connectivity index (χ3v) is 1.67. The van der Waals surface area contributed by atoms with Crippen LogP contribution in [0, 0.1) is 0 Å². The first-order valence-corrected chi connectivity index (χ1v) is 3.74. The molecule has 0 fully saturated rings. The molecule has 0 saturated carbocycles. The average Bonchev–Trinajstić information content (AvgIpc) is 2.71. The van der Waals surface area contributed by atoms with Crippen LogP contribution in [0.4, 0.5) is 5.69 Å². The van der Waals surface area contributed by atoms with E-state index in [-0.39, 0.29) is 0 Å². The maximum atomic E-state index is 5.53. The minimum Gasteiger partial charge on any atom is -0.479 e. The molecule has 2 heterocycles. The number of nitrogens with two attached hydrogens (primary N) is 1. The molecule has 0 aliphatic rings. The van der Waals surface area contributed by atoms with E-state index in [0.717, 1.165) is 5.69 Å². The highest BCUT2D eigenvalue weighted by atomic mass is 16.5. The van der Waals surface area contributed by atoms with Gasteiger partial charge in [-0.3, -0.25) is 0 Å². The minimum atomic E-state index is 0.447. The quantitative estimate of drug-likeness (QED) is 0.727. The minimum absolute atomic E-state index is 0.447. The van der Waals surface area contributed by atoms with Gasteiger partial charge in [-0.2, -0.15) is 0 Å². The van der Waals surface area contributed by atoms with E-state index in [2.05, 4.69) is 10.1 Å². The summed E-state index contributed by atoms with van der Waals surface area (Å²) in [5.41, 5.74) is 6.97. The molecule has 0 bridgehead atoms. The normalized spacial score (nSPS) is 10.2. The first-order chi connectivity index (χ1) is 6.29. The molecule has 2 aromatic rings. The fourth-order valence-corrected chi connectivity index (χ4v) is 1.04. The number of nitrogens with one attached hydrogen (secondary N) is 1. The molecule has 2 rings (SSSR count). The number of nitrogens with zero attached hydrogens (tertiary/aromatic N) is 1. The number of aromatic nitrogens is 2. The Balaban J connectivity index is 2.35. The molecule has 3 N–H and O–H groups in total. The summed E-state index contributed by atoms with van der Waals surface area (Å²) in [5.74, 6) is 1.05. The van der Waals surface area contributed by atoms with E-state index in [1.165, 1.54) is 7.11 Å². The molecule has 0 aliphatic heterocycles. The number of rotatable bonds is 2. The summed E-state index contributed by atoms with van der Waals surface area (Å²) in [6.07, 6.45) is 1.68. The molecular weight excluding hydrogens is 170 g/mol. The predicted octanol–water partition coefficient (Wildman–Crippen LogP) is 1.26. The molecule has 5 nitrogen and oxygen atoms in total. The van der Waals surface area contributed by atoms with Gasteiger partial charge in [0.25, 0.3) is 5.88 Å². The molecule has 68 valence electrons. The number of hydrogen-bond donors (Lipinski definition) is 2. The lowest BCUT2D eigenvalue weighted by molar-refractivity contribution is 0.342. The van der Waals surface area contributed by atoms with Gasteiger partial charge in [0.2, 0.25) is 0 Å². The maximum Gasteiger partial charge on any atom is 0.254 e. The van der Waals surface area contributed by atoms with E-state index < -0.39 is 0 Å². The van der Waals surface area contributed by atoms with Crippen LogP contribution in [-0.2, 0) is 0 Å². The lowest BCUT2D eigenvalue weighted by atomic mass is 10.3. The van der Waals surface area contributed by atoms with E-state index in [1.54, 1.807) is 18.3 Å². The fraction of sp³-hybridized carbons (Fsp3) is 0.125. The second kappa shape index (κ2) is 2.85. The van der Waals surface area contributed by atoms with Gasteiger partial charge in [0.15, 0.2) is 5.76 Å². The molecule has 0 amide bonds. The standard InChI is InChI=1S/C8H9N3O2/c1-12-8-3-7(13-11-8)6-2-5(9)4-10-6/h2-4,10H,9H2,1H3. The van der Waals surface area contributed by atoms with Crippen molar-refractivity contribution in [1.29, 1.82) is 0 Å². The molecule has 0 unspecified atom stereocenters. The number of aromatic amines is 1. The zero-order valence-corrected chi connectivity index (χ0v) is 7.07. The van der Waals surface area contributed by atoms with E-state index in [1.807, 2.05) is 0 Å². The van der Waals surface area contributed by atoms with Crippen molar-refractivity contribution in [2.24, 2.45) is 0 Å². The van der Waals surface area contributed by atoms with E-state index in [9.17, 15) is 0 Å². The zero-order chi connectivity index (χ0) is 9.26. The summed E-state index contributed by atoms with van der Waals surface area (Å²) in [4.78, 5) is 2.94. The first-order valence-electron chi connectivity index (χ1n) is 3.74. The van der Waals surface area contributed by atoms with Gasteiger partial charge >= 0.3 is 0 Å². The van der Waals surface area contributed by atoms with Gasteiger partial charge in [-0.15, -0.1) is 0 Å². The Kier molecular flexibility index (Phi) is 1.70. The van der Waals surface area contributed by atoms with Crippen molar-refractivity contribution in [3.63, 3.8) is 0 Å². The van der Waals surface area contributed by atoms with Crippen molar-refractivity contribution < 1.29 is 9.26 Å². The Morgan fingerprint density at radius 1 is 1.54 bits per heavy atom. The highest BCUT2D eigenvalue weighted by Crippen LogP contribution is 2.23. The van der Waals surface area contributed by atoms with Gasteiger partial charge in [0, 0.05) is 11.9 Å². The Morgan fingerprint density at radius 2 is 2.38 bits per heavy atom. The van der Waals surface area contributed by atoms with Gasteiger partial charge in [0.05, 0.1) is 18.9 Å². The first kappa shape index (κ1) is 7.72. The smallest absolute Gasteiger partial charge is 0.254 e. The summed E-state index contributed by atoms with van der Waals surface area (Å²) in [7, 11) is 1.53. The SMILES string of the molecule is COc1cc(-c2cc(N)c[nH]2)on1. The number of hydrogen-bond acceptors (Lipinski definition) is 4. The molecule has 13 heavy (non-hydrogen) atoms. The highest BCUT2D eigenvalue weighted by molar-refractivity contribution is 5.59. The monoisotopic (exact) mass is 179 g/mol. The van der Waals surface area contributed by atoms with Crippen LogP contribution in [0.1, 0.15) is 0 Å². The number of H-pyrrole nitrogens is 1. The summed E-state index contributed by atoms with van der Waals surface area (Å²) in [5, 5.41) is 3.66. The van der Waals surface area contributed by atoms with Gasteiger partial charge in [-0.25, -0.2) is 0 Å². The molecule has 0 aliphatic carbocycles. The van der Waals surface area contributed by atoms with Crippen molar-refractivity contribution in [3.05, 3.63) is 18.3 Å². The van der Waals surface area contributed by atoms with Gasteiger partial charge in [-0.05, 0) is 11.2 Å². The van der Waals surface area contributed by atoms with Crippen LogP contribution in [0.25, 0.3) is 11.5 Å². The van der Waals surface area contributed by atoms with Crippen LogP contribution < -0.4 is 10.5 Å². The zero-order valence-electron chi connectivity index (χ0n) is 7.07. The van der Waals surface area contributed by atoms with Crippen molar-refractivity contribution >= 4 is 5.69 Å². The van der Waals surface area contributed by atoms with Gasteiger partial charge < -0.3 is 20.0 Å². The van der Waals surface area contributed by atoms with Crippen LogP contribution in [0.2, 0.25) is 0 Å². The number of anilines is 1. The summed E-state index contributed by atoms with van der Waals surface area (Å²) in [6, 6.07) is 3.45. The van der Waals surface area contributed by atoms with Crippen LogP contribution in [0.5, 0.6) is 5.88 Å². The van der Waals surface area contributed by atoms with Crippen LogP contribution in [0.3, 0.4) is 0 Å². The second-order valence-electron chi connectivity index (χ2n) is 2.58. The Hall–Kier alpha value is -1.91. The topological polar surface area (TPSA) is 77.1 Å². The highest BCUT2D eigenvalue weighted by Gasteiger charge is 2.07. The van der Waals surface area contributed by atoms with Crippen molar-refractivity contribution in [1.82, 2.24) is 10.1 Å². The van der Waals surface area contributed by atoms with Crippen molar-refractivity contribution in [3.8, 4) is 17.3 Å². The molecule has 0 saturated heterocycles. The summed E-state index contributed by atoms with van der Waals surface area (Å²) in [6.45, 7) is 0. The maximum absolute atomic E-state index is 5.53. The third kappa shape index (κ3) is 1.35. The average molecular weight is 179 g/mol. The lowest BCUT2D eigenvalue weighted by Crippen LogP contribution is -1.78. The molecule has 0 atom stereocenters. The van der Waals surface area contributed by atoms with Crippen LogP contribution >= 0.6 is 0 Å². The van der Waals surface area contributed by atoms with Gasteiger partial charge in [0.1, 0.15) is 0 Å². The molecule has 0 radical (unpaired) electrons. The Morgan fingerprint density at radius 3 is 2.92 bits per heavy atom. The van der Waals surface area contributed by atoms with Crippen molar-refractivity contribution in [2.45, 2.75) is 0 Å². The summed E-state index contributed by atoms with van der Waals surface area (Å²) >= 11 is 0. The number of nitrogen functional groups attached to an aromatic ring is 1. The molecule has 5 heteroatoms. The number of methoxy groups -OCH3 is 1. The fourth-order valence-electron chi connectivity index (χ4n) is 1.04. The molecule has 2 aromatic heterocycles. The molecule has 0 spiro atoms. The molecule has 0 aromatic carbocycles. The lowest BCUT2D eigenvalue weighted by Gasteiger charge is -1.85. The largest absolute Gasteiger partial charge is 0.479 e. The third-order valence-electron chi connectivity index (χ3n) is 1.67. The van der Waals surface area contributed by atoms with E-state index in [0.29, 0.717) is 17.3 Å². The van der Waals surface area contributed by atoms with E-state index >= 15 is 0 Å². The molecular formula is C8H9N3O2. The van der Waals surface area contributed by atoms with Crippen LogP contribution in [-0.4, -0.2) is 17.3 Å². The van der Waals surface area contributed by atoms with Gasteiger partial charge in [-0.1, -0.05) is 0 Å².